The van der Waals surface area contributed by atoms with Gasteiger partial charge in [0.05, 0.1) is 29.5 Å². The minimum atomic E-state index is -0.116. The molecule has 0 spiro atoms. The standard InChI is InChI=1S/C17H23N5O2S/c1-10(22-12(3)16(13(4)23)11(2)20-22)7-15(24)18-8-14-9-21-5-6-25-17(21)19-14/h9-10H,5-8H2,1-4H3,(H,18,24). The molecule has 0 aliphatic carbocycles. The molecular weight excluding hydrogens is 338 g/mol. The van der Waals surface area contributed by atoms with E-state index in [1.165, 1.54) is 0 Å². The van der Waals surface area contributed by atoms with Crippen molar-refractivity contribution in [3.63, 3.8) is 0 Å². The maximum atomic E-state index is 12.3. The van der Waals surface area contributed by atoms with E-state index in [9.17, 15) is 9.59 Å². The van der Waals surface area contributed by atoms with Gasteiger partial charge >= 0.3 is 0 Å². The number of carbonyl (C=O) groups excluding carboxylic acids is 2. The van der Waals surface area contributed by atoms with Gasteiger partial charge in [0.25, 0.3) is 0 Å². The number of nitrogens with one attached hydrogen (secondary N) is 1. The Morgan fingerprint density at radius 1 is 1.40 bits per heavy atom. The largest absolute Gasteiger partial charge is 0.350 e. The maximum absolute atomic E-state index is 12.3. The highest BCUT2D eigenvalue weighted by atomic mass is 32.2. The molecule has 1 aliphatic heterocycles. The third-order valence-electron chi connectivity index (χ3n) is 4.40. The number of Topliss-reactive ketones (excluding diaryl/α,β-unsaturated/α-hetero) is 1. The number of amides is 1. The van der Waals surface area contributed by atoms with E-state index in [4.69, 9.17) is 0 Å². The molecule has 8 heteroatoms. The highest BCUT2D eigenvalue weighted by Crippen LogP contribution is 2.24. The van der Waals surface area contributed by atoms with E-state index in [2.05, 4.69) is 20.0 Å². The summed E-state index contributed by atoms with van der Waals surface area (Å²) >= 11 is 1.74. The van der Waals surface area contributed by atoms with E-state index in [0.29, 0.717) is 24.2 Å². The van der Waals surface area contributed by atoms with Crippen LogP contribution in [0.2, 0.25) is 0 Å². The second-order valence-electron chi connectivity index (χ2n) is 6.43. The van der Waals surface area contributed by atoms with Crippen molar-refractivity contribution in [1.82, 2.24) is 24.6 Å². The molecule has 1 N–H and O–H groups in total. The number of nitrogens with zero attached hydrogens (tertiary/aromatic N) is 4. The fraction of sp³-hybridized carbons (Fsp3) is 0.529. The van der Waals surface area contributed by atoms with Crippen LogP contribution in [0.4, 0.5) is 0 Å². The molecule has 1 unspecified atom stereocenters. The average molecular weight is 361 g/mol. The number of hydrogen-bond donors (Lipinski definition) is 1. The lowest BCUT2D eigenvalue weighted by atomic mass is 10.1. The number of ketones is 1. The monoisotopic (exact) mass is 361 g/mol. The van der Waals surface area contributed by atoms with Crippen LogP contribution in [-0.2, 0) is 17.9 Å². The zero-order chi connectivity index (χ0) is 18.1. The average Bonchev–Trinajstić information content (AvgIpc) is 3.18. The molecule has 2 aromatic heterocycles. The first kappa shape index (κ1) is 17.7. The second-order valence-corrected chi connectivity index (χ2v) is 7.50. The Hall–Kier alpha value is -2.09. The molecule has 7 nitrogen and oxygen atoms in total. The van der Waals surface area contributed by atoms with Crippen LogP contribution in [0.1, 0.15) is 53.7 Å². The van der Waals surface area contributed by atoms with Gasteiger partial charge in [-0.05, 0) is 27.7 Å². The molecule has 0 radical (unpaired) electrons. The van der Waals surface area contributed by atoms with Crippen molar-refractivity contribution in [1.29, 1.82) is 0 Å². The normalized spacial score (nSPS) is 14.4. The summed E-state index contributed by atoms with van der Waals surface area (Å²) in [4.78, 5) is 28.5. The molecule has 3 heterocycles. The fourth-order valence-electron chi connectivity index (χ4n) is 3.26. The lowest BCUT2D eigenvalue weighted by Crippen LogP contribution is -2.26. The third kappa shape index (κ3) is 3.63. The Balaban J connectivity index is 1.59. The van der Waals surface area contributed by atoms with Crippen molar-refractivity contribution >= 4 is 23.5 Å². The van der Waals surface area contributed by atoms with Gasteiger partial charge < -0.3 is 9.88 Å². The minimum absolute atomic E-state index is 0.00334. The number of carbonyl (C=O) groups is 2. The highest BCUT2D eigenvalue weighted by molar-refractivity contribution is 7.99. The van der Waals surface area contributed by atoms with Gasteiger partial charge in [0, 0.05) is 30.6 Å². The Labute approximate surface area is 151 Å². The quantitative estimate of drug-likeness (QED) is 0.798. The number of thioether (sulfide) groups is 1. The molecule has 25 heavy (non-hydrogen) atoms. The first-order valence-corrected chi connectivity index (χ1v) is 9.37. The molecule has 0 saturated heterocycles. The van der Waals surface area contributed by atoms with Crippen molar-refractivity contribution in [2.24, 2.45) is 0 Å². The van der Waals surface area contributed by atoms with Gasteiger partial charge in [0.1, 0.15) is 0 Å². The van der Waals surface area contributed by atoms with Crippen LogP contribution < -0.4 is 5.32 Å². The van der Waals surface area contributed by atoms with Crippen molar-refractivity contribution in [3.8, 4) is 0 Å². The summed E-state index contributed by atoms with van der Waals surface area (Å²) in [5, 5.41) is 8.38. The molecule has 0 bridgehead atoms. The molecule has 1 atom stereocenters. The smallest absolute Gasteiger partial charge is 0.222 e. The number of hydrogen-bond acceptors (Lipinski definition) is 5. The van der Waals surface area contributed by atoms with Gasteiger partial charge in [0.15, 0.2) is 10.9 Å². The van der Waals surface area contributed by atoms with Crippen LogP contribution in [0.15, 0.2) is 11.4 Å². The van der Waals surface area contributed by atoms with Crippen LogP contribution in [0.5, 0.6) is 0 Å². The van der Waals surface area contributed by atoms with Crippen molar-refractivity contribution in [2.75, 3.05) is 5.75 Å². The first-order chi connectivity index (χ1) is 11.9. The van der Waals surface area contributed by atoms with Crippen molar-refractivity contribution in [2.45, 2.75) is 58.4 Å². The molecule has 134 valence electrons. The number of aromatic nitrogens is 4. The summed E-state index contributed by atoms with van der Waals surface area (Å²) in [6.07, 6.45) is 2.31. The number of fused-ring (bicyclic) bond motifs is 1. The third-order valence-corrected chi connectivity index (χ3v) is 5.37. The molecular formula is C17H23N5O2S. The Bertz CT molecular complexity index is 802. The van der Waals surface area contributed by atoms with Gasteiger partial charge in [-0.25, -0.2) is 4.98 Å². The predicted molar refractivity (Wildman–Crippen MR) is 95.8 cm³/mol. The SMILES string of the molecule is CC(=O)c1c(C)nn(C(C)CC(=O)NCc2cn3c(n2)SCC3)c1C. The van der Waals surface area contributed by atoms with Crippen LogP contribution in [0, 0.1) is 13.8 Å². The second kappa shape index (κ2) is 7.03. The lowest BCUT2D eigenvalue weighted by molar-refractivity contribution is -0.122. The van der Waals surface area contributed by atoms with Crippen LogP contribution in [0.3, 0.4) is 0 Å². The molecule has 3 rings (SSSR count). The van der Waals surface area contributed by atoms with Gasteiger partial charge in [0.2, 0.25) is 5.91 Å². The lowest BCUT2D eigenvalue weighted by Gasteiger charge is -2.14. The topological polar surface area (TPSA) is 81.8 Å². The highest BCUT2D eigenvalue weighted by Gasteiger charge is 2.20. The zero-order valence-corrected chi connectivity index (χ0v) is 15.8. The molecule has 1 amide bonds. The summed E-state index contributed by atoms with van der Waals surface area (Å²) in [5.74, 6) is 1.02. The van der Waals surface area contributed by atoms with Crippen LogP contribution in [0.25, 0.3) is 0 Å². The molecule has 0 aromatic carbocycles. The predicted octanol–water partition coefficient (Wildman–Crippen LogP) is 2.27. The van der Waals surface area contributed by atoms with E-state index < -0.39 is 0 Å². The summed E-state index contributed by atoms with van der Waals surface area (Å²) in [6, 6.07) is -0.116. The Kier molecular flexibility index (Phi) is 4.99. The van der Waals surface area contributed by atoms with Gasteiger partial charge in [-0.15, -0.1) is 0 Å². The molecule has 1 aliphatic rings. The van der Waals surface area contributed by atoms with E-state index in [1.807, 2.05) is 27.0 Å². The van der Waals surface area contributed by atoms with Crippen LogP contribution >= 0.6 is 11.8 Å². The summed E-state index contributed by atoms with van der Waals surface area (Å²) in [6.45, 7) is 8.58. The molecule has 0 saturated carbocycles. The van der Waals surface area contributed by atoms with E-state index in [-0.39, 0.29) is 17.7 Å². The number of rotatable bonds is 6. The van der Waals surface area contributed by atoms with Crippen molar-refractivity contribution < 1.29 is 9.59 Å². The van der Waals surface area contributed by atoms with E-state index in [1.54, 1.807) is 23.4 Å². The van der Waals surface area contributed by atoms with Gasteiger partial charge in [-0.3, -0.25) is 14.3 Å². The fourth-order valence-corrected chi connectivity index (χ4v) is 4.23. The Morgan fingerprint density at radius 2 is 2.16 bits per heavy atom. The van der Waals surface area contributed by atoms with Gasteiger partial charge in [-0.1, -0.05) is 11.8 Å². The molecule has 0 fully saturated rings. The Morgan fingerprint density at radius 3 is 2.80 bits per heavy atom. The van der Waals surface area contributed by atoms with Gasteiger partial charge in [-0.2, -0.15) is 5.10 Å². The summed E-state index contributed by atoms with van der Waals surface area (Å²) in [5.41, 5.74) is 3.06. The maximum Gasteiger partial charge on any atom is 0.222 e. The van der Waals surface area contributed by atoms with Crippen molar-refractivity contribution in [3.05, 3.63) is 28.8 Å². The van der Waals surface area contributed by atoms with Crippen LogP contribution in [-0.4, -0.2) is 36.8 Å². The molecule has 2 aromatic rings. The van der Waals surface area contributed by atoms with E-state index in [0.717, 1.165) is 28.8 Å². The summed E-state index contributed by atoms with van der Waals surface area (Å²) in [7, 11) is 0. The number of imidazole rings is 1. The van der Waals surface area contributed by atoms with E-state index >= 15 is 0 Å². The zero-order valence-electron chi connectivity index (χ0n) is 15.0. The minimum Gasteiger partial charge on any atom is -0.350 e. The summed E-state index contributed by atoms with van der Waals surface area (Å²) < 4.78 is 3.89. The first-order valence-electron chi connectivity index (χ1n) is 8.39. The number of aryl methyl sites for hydroxylation is 2.